The minimum atomic E-state index is -0.941. The van der Waals surface area contributed by atoms with E-state index in [2.05, 4.69) is 12.2 Å². The van der Waals surface area contributed by atoms with Crippen LogP contribution in [0.25, 0.3) is 6.08 Å². The molecule has 0 radical (unpaired) electrons. The van der Waals surface area contributed by atoms with Gasteiger partial charge in [-0.05, 0) is 54.8 Å². The number of carbonyl (C=O) groups is 2. The largest absolute Gasteiger partial charge is 0.454 e. The SMILES string of the molecule is CCc1ccc(NC(=O)C(C)OC(=O)/C=C/c2cc(Cl)c3c(c2)OCO3)cc1. The molecule has 1 amide bonds. The molecule has 0 aliphatic carbocycles. The fourth-order valence-corrected chi connectivity index (χ4v) is 2.86. The number of rotatable bonds is 6. The second kappa shape index (κ2) is 8.80. The van der Waals surface area contributed by atoms with Gasteiger partial charge in [-0.15, -0.1) is 0 Å². The minimum Gasteiger partial charge on any atom is -0.454 e. The Kier molecular flexibility index (Phi) is 6.21. The number of halogens is 1. The normalized spacial score (nSPS) is 13.4. The maximum absolute atomic E-state index is 12.2. The van der Waals surface area contributed by atoms with E-state index in [1.54, 1.807) is 12.1 Å². The molecule has 1 heterocycles. The molecule has 2 aromatic carbocycles. The van der Waals surface area contributed by atoms with E-state index in [1.165, 1.54) is 24.6 Å². The average molecular weight is 402 g/mol. The molecule has 0 fully saturated rings. The molecule has 2 aromatic rings. The number of nitrogens with one attached hydrogen (secondary N) is 1. The summed E-state index contributed by atoms with van der Waals surface area (Å²) in [6.07, 6.45) is 2.74. The first-order valence-corrected chi connectivity index (χ1v) is 9.21. The number of amides is 1. The molecule has 146 valence electrons. The van der Waals surface area contributed by atoms with Gasteiger partial charge in [0.25, 0.3) is 5.91 Å². The van der Waals surface area contributed by atoms with Gasteiger partial charge in [0.15, 0.2) is 17.6 Å². The second-order valence-corrected chi connectivity index (χ2v) is 6.60. The number of anilines is 1. The van der Waals surface area contributed by atoms with Crippen molar-refractivity contribution in [1.29, 1.82) is 0 Å². The summed E-state index contributed by atoms with van der Waals surface area (Å²) in [5.74, 6) is -0.0455. The number of benzene rings is 2. The summed E-state index contributed by atoms with van der Waals surface area (Å²) in [5, 5.41) is 3.11. The summed E-state index contributed by atoms with van der Waals surface area (Å²) in [6, 6.07) is 10.9. The molecule has 1 N–H and O–H groups in total. The van der Waals surface area contributed by atoms with E-state index in [0.29, 0.717) is 27.8 Å². The zero-order valence-electron chi connectivity index (χ0n) is 15.5. The van der Waals surface area contributed by atoms with Crippen molar-refractivity contribution >= 4 is 35.2 Å². The third-order valence-corrected chi connectivity index (χ3v) is 4.43. The quantitative estimate of drug-likeness (QED) is 0.579. The standard InChI is InChI=1S/C21H20ClNO5/c1-3-14-4-7-16(8-5-14)23-21(25)13(2)28-19(24)9-6-15-10-17(22)20-18(11-15)26-12-27-20/h4-11,13H,3,12H2,1-2H3,(H,23,25)/b9-6+. The van der Waals surface area contributed by atoms with Crippen molar-refractivity contribution in [3.05, 3.63) is 58.6 Å². The zero-order chi connectivity index (χ0) is 20.1. The smallest absolute Gasteiger partial charge is 0.331 e. The lowest BCUT2D eigenvalue weighted by atomic mass is 10.1. The third-order valence-electron chi connectivity index (χ3n) is 4.15. The van der Waals surface area contributed by atoms with Crippen LogP contribution in [0.4, 0.5) is 5.69 Å². The first-order chi connectivity index (χ1) is 13.5. The summed E-state index contributed by atoms with van der Waals surface area (Å²) in [7, 11) is 0. The van der Waals surface area contributed by atoms with Crippen molar-refractivity contribution in [1.82, 2.24) is 0 Å². The molecular formula is C21H20ClNO5. The van der Waals surface area contributed by atoms with Crippen molar-refractivity contribution in [3.8, 4) is 11.5 Å². The van der Waals surface area contributed by atoms with Crippen LogP contribution in [-0.2, 0) is 20.7 Å². The molecule has 28 heavy (non-hydrogen) atoms. The van der Waals surface area contributed by atoms with Gasteiger partial charge < -0.3 is 19.5 Å². The first kappa shape index (κ1) is 19.8. The Hall–Kier alpha value is -2.99. The Balaban J connectivity index is 1.55. The molecule has 1 unspecified atom stereocenters. The highest BCUT2D eigenvalue weighted by Crippen LogP contribution is 2.40. The van der Waals surface area contributed by atoms with Crippen LogP contribution >= 0.6 is 11.6 Å². The van der Waals surface area contributed by atoms with Crippen LogP contribution in [0, 0.1) is 0 Å². The van der Waals surface area contributed by atoms with Crippen LogP contribution in [0.1, 0.15) is 25.0 Å². The monoisotopic (exact) mass is 401 g/mol. The molecule has 6 nitrogen and oxygen atoms in total. The zero-order valence-corrected chi connectivity index (χ0v) is 16.3. The van der Waals surface area contributed by atoms with Gasteiger partial charge in [-0.1, -0.05) is 30.7 Å². The van der Waals surface area contributed by atoms with Crippen LogP contribution in [0.15, 0.2) is 42.5 Å². The molecule has 1 aliphatic heterocycles. The third kappa shape index (κ3) is 4.84. The van der Waals surface area contributed by atoms with Crippen LogP contribution in [0.2, 0.25) is 5.02 Å². The first-order valence-electron chi connectivity index (χ1n) is 8.84. The lowest BCUT2D eigenvalue weighted by molar-refractivity contribution is -0.148. The van der Waals surface area contributed by atoms with Gasteiger partial charge >= 0.3 is 5.97 Å². The van der Waals surface area contributed by atoms with E-state index in [4.69, 9.17) is 25.8 Å². The Morgan fingerprint density at radius 1 is 1.25 bits per heavy atom. The van der Waals surface area contributed by atoms with Crippen LogP contribution in [-0.4, -0.2) is 24.8 Å². The Morgan fingerprint density at radius 3 is 2.71 bits per heavy atom. The van der Waals surface area contributed by atoms with Crippen molar-refractivity contribution in [3.63, 3.8) is 0 Å². The van der Waals surface area contributed by atoms with Gasteiger partial charge in [0.05, 0.1) is 5.02 Å². The summed E-state index contributed by atoms with van der Waals surface area (Å²) >= 11 is 6.10. The number of carbonyl (C=O) groups excluding carboxylic acids is 2. The molecule has 1 aliphatic rings. The van der Waals surface area contributed by atoms with E-state index >= 15 is 0 Å². The van der Waals surface area contributed by atoms with Gasteiger partial charge in [0, 0.05) is 11.8 Å². The molecule has 0 saturated carbocycles. The fourth-order valence-electron chi connectivity index (χ4n) is 2.58. The van der Waals surface area contributed by atoms with E-state index in [9.17, 15) is 9.59 Å². The predicted molar refractivity (Wildman–Crippen MR) is 107 cm³/mol. The van der Waals surface area contributed by atoms with Crippen LogP contribution in [0.3, 0.4) is 0 Å². The van der Waals surface area contributed by atoms with E-state index in [1.807, 2.05) is 24.3 Å². The van der Waals surface area contributed by atoms with Crippen LogP contribution < -0.4 is 14.8 Å². The summed E-state index contributed by atoms with van der Waals surface area (Å²) in [5.41, 5.74) is 2.47. The molecule has 3 rings (SSSR count). The second-order valence-electron chi connectivity index (χ2n) is 6.19. The van der Waals surface area contributed by atoms with E-state index < -0.39 is 18.0 Å². The highest BCUT2D eigenvalue weighted by Gasteiger charge is 2.19. The number of hydrogen-bond donors (Lipinski definition) is 1. The minimum absolute atomic E-state index is 0.109. The highest BCUT2D eigenvalue weighted by atomic mass is 35.5. The number of ether oxygens (including phenoxy) is 3. The Morgan fingerprint density at radius 2 is 2.00 bits per heavy atom. The van der Waals surface area contributed by atoms with Crippen molar-refractivity contribution < 1.29 is 23.8 Å². The number of hydrogen-bond acceptors (Lipinski definition) is 5. The summed E-state index contributed by atoms with van der Waals surface area (Å²) < 4.78 is 15.7. The maximum atomic E-state index is 12.2. The van der Waals surface area contributed by atoms with Gasteiger partial charge in [-0.2, -0.15) is 0 Å². The van der Waals surface area contributed by atoms with Crippen molar-refractivity contribution in [2.24, 2.45) is 0 Å². The van der Waals surface area contributed by atoms with Gasteiger partial charge in [0.1, 0.15) is 0 Å². The molecule has 0 aromatic heterocycles. The highest BCUT2D eigenvalue weighted by molar-refractivity contribution is 6.32. The van der Waals surface area contributed by atoms with Crippen LogP contribution in [0.5, 0.6) is 11.5 Å². The molecular weight excluding hydrogens is 382 g/mol. The number of aryl methyl sites for hydroxylation is 1. The van der Waals surface area contributed by atoms with E-state index in [0.717, 1.165) is 6.42 Å². The Bertz CT molecular complexity index is 908. The predicted octanol–water partition coefficient (Wildman–Crippen LogP) is 4.21. The van der Waals surface area contributed by atoms with Gasteiger partial charge in [0.2, 0.25) is 6.79 Å². The molecule has 1 atom stereocenters. The maximum Gasteiger partial charge on any atom is 0.331 e. The average Bonchev–Trinajstić information content (AvgIpc) is 3.16. The summed E-state index contributed by atoms with van der Waals surface area (Å²) in [4.78, 5) is 24.2. The van der Waals surface area contributed by atoms with Gasteiger partial charge in [-0.3, -0.25) is 4.79 Å². The Labute approximate surface area is 168 Å². The molecule has 7 heteroatoms. The number of esters is 1. The topological polar surface area (TPSA) is 73.9 Å². The van der Waals surface area contributed by atoms with E-state index in [-0.39, 0.29) is 6.79 Å². The molecule has 0 bridgehead atoms. The fraction of sp³-hybridized carbons (Fsp3) is 0.238. The van der Waals surface area contributed by atoms with Gasteiger partial charge in [-0.25, -0.2) is 4.79 Å². The molecule has 0 spiro atoms. The summed E-state index contributed by atoms with van der Waals surface area (Å²) in [6.45, 7) is 3.68. The van der Waals surface area contributed by atoms with Crippen molar-refractivity contribution in [2.75, 3.05) is 12.1 Å². The lowest BCUT2D eigenvalue weighted by Crippen LogP contribution is -2.29. The number of fused-ring (bicyclic) bond motifs is 1. The van der Waals surface area contributed by atoms with Crippen molar-refractivity contribution in [2.45, 2.75) is 26.4 Å². The molecule has 0 saturated heterocycles. The lowest BCUT2D eigenvalue weighted by Gasteiger charge is -2.12.